The maximum atomic E-state index is 13.3. The van der Waals surface area contributed by atoms with Crippen molar-refractivity contribution in [3.63, 3.8) is 0 Å². The normalized spacial score (nSPS) is 19.0. The summed E-state index contributed by atoms with van der Waals surface area (Å²) in [5.74, 6) is -0.0971. The first kappa shape index (κ1) is 27.7. The molecule has 0 saturated heterocycles. The molecular weight excluding hydrogens is 590 g/mol. The van der Waals surface area contributed by atoms with Gasteiger partial charge < -0.3 is 10.0 Å². The Morgan fingerprint density at radius 3 is 2.43 bits per heavy atom. The summed E-state index contributed by atoms with van der Waals surface area (Å²) < 4.78 is 2.03. The van der Waals surface area contributed by atoms with Crippen LogP contribution in [0, 0.1) is 6.92 Å². The molecule has 0 spiro atoms. The molecule has 2 aromatic rings. The Morgan fingerprint density at radius 1 is 1.14 bits per heavy atom. The van der Waals surface area contributed by atoms with Gasteiger partial charge in [0.15, 0.2) is 0 Å². The van der Waals surface area contributed by atoms with Crippen molar-refractivity contribution in [2.24, 2.45) is 0 Å². The zero-order valence-electron chi connectivity index (χ0n) is 22.5. The first-order valence-corrected chi connectivity index (χ1v) is 14.3. The number of carbonyl (C=O) groups is 1. The van der Waals surface area contributed by atoms with Crippen molar-refractivity contribution in [1.29, 1.82) is 0 Å². The molecular formula is C32H35Br2NO2. The topological polar surface area (TPSA) is 40.5 Å². The minimum absolute atomic E-state index is 0.0452. The molecule has 2 aliphatic rings. The van der Waals surface area contributed by atoms with Gasteiger partial charge in [-0.3, -0.25) is 4.79 Å². The number of hydrogen-bond acceptors (Lipinski definition) is 3. The second-order valence-corrected chi connectivity index (χ2v) is 12.9. The van der Waals surface area contributed by atoms with Gasteiger partial charge in [-0.2, -0.15) is 0 Å². The van der Waals surface area contributed by atoms with Gasteiger partial charge in [0, 0.05) is 37.7 Å². The van der Waals surface area contributed by atoms with E-state index in [2.05, 4.69) is 115 Å². The third-order valence-electron chi connectivity index (χ3n) is 7.86. The maximum absolute atomic E-state index is 13.3. The van der Waals surface area contributed by atoms with E-state index in [1.165, 1.54) is 5.56 Å². The summed E-state index contributed by atoms with van der Waals surface area (Å²) in [4.78, 5) is 15.6. The van der Waals surface area contributed by atoms with Gasteiger partial charge in [0.2, 0.25) is 5.78 Å². The molecule has 0 aromatic heterocycles. The number of nitrogens with zero attached hydrogens (tertiary/aromatic N) is 1. The molecule has 0 unspecified atom stereocenters. The van der Waals surface area contributed by atoms with Gasteiger partial charge >= 0.3 is 0 Å². The fourth-order valence-corrected chi connectivity index (χ4v) is 6.03. The lowest BCUT2D eigenvalue weighted by molar-refractivity contribution is -0.113. The summed E-state index contributed by atoms with van der Waals surface area (Å²) >= 11 is 7.18. The summed E-state index contributed by atoms with van der Waals surface area (Å²) in [5, 5.41) is 11.0. The van der Waals surface area contributed by atoms with E-state index >= 15 is 0 Å². The van der Waals surface area contributed by atoms with Crippen molar-refractivity contribution in [2.75, 3.05) is 11.4 Å². The number of fused-ring (bicyclic) bond motifs is 1. The quantitative estimate of drug-likeness (QED) is 0.312. The number of aliphatic hydroxyl groups is 1. The van der Waals surface area contributed by atoms with Crippen LogP contribution in [0.25, 0.3) is 0 Å². The maximum Gasteiger partial charge on any atom is 0.200 e. The summed E-state index contributed by atoms with van der Waals surface area (Å²) in [7, 11) is 0. The molecule has 1 N–H and O–H groups in total. The largest absolute Gasteiger partial charge is 0.506 e. The molecule has 3 nitrogen and oxygen atoms in total. The van der Waals surface area contributed by atoms with Gasteiger partial charge in [0.05, 0.1) is 11.1 Å². The van der Waals surface area contributed by atoms with Gasteiger partial charge in [0.1, 0.15) is 5.76 Å². The van der Waals surface area contributed by atoms with Gasteiger partial charge in [-0.25, -0.2) is 0 Å². The van der Waals surface area contributed by atoms with Crippen molar-refractivity contribution in [3.05, 3.63) is 109 Å². The van der Waals surface area contributed by atoms with Crippen LogP contribution in [0.15, 0.2) is 92.3 Å². The molecule has 0 saturated carbocycles. The van der Waals surface area contributed by atoms with E-state index < -0.39 is 5.41 Å². The molecule has 194 valence electrons. The molecule has 2 aromatic carbocycles. The smallest absolute Gasteiger partial charge is 0.200 e. The lowest BCUT2D eigenvalue weighted by Crippen LogP contribution is -2.30. The number of aliphatic hydroxyl groups excluding tert-OH is 1. The molecule has 1 heterocycles. The highest BCUT2D eigenvalue weighted by molar-refractivity contribution is 9.10. The highest BCUT2D eigenvalue weighted by Crippen LogP contribution is 2.50. The Balaban J connectivity index is 1.71. The zero-order chi connectivity index (χ0) is 27.3. The average molecular weight is 625 g/mol. The summed E-state index contributed by atoms with van der Waals surface area (Å²) in [6.07, 6.45) is 5.76. The van der Waals surface area contributed by atoms with E-state index in [0.29, 0.717) is 11.1 Å². The van der Waals surface area contributed by atoms with Crippen molar-refractivity contribution in [3.8, 4) is 0 Å². The van der Waals surface area contributed by atoms with E-state index in [4.69, 9.17) is 0 Å². The minimum Gasteiger partial charge on any atom is -0.506 e. The molecule has 1 aliphatic heterocycles. The fourth-order valence-electron chi connectivity index (χ4n) is 5.31. The Morgan fingerprint density at radius 2 is 1.78 bits per heavy atom. The fraction of sp³-hybridized carbons (Fsp3) is 0.344. The summed E-state index contributed by atoms with van der Waals surface area (Å²) in [5.41, 5.74) is 6.45. The Kier molecular flexibility index (Phi) is 7.53. The van der Waals surface area contributed by atoms with Crippen LogP contribution < -0.4 is 4.90 Å². The molecule has 1 aliphatic carbocycles. The predicted molar refractivity (Wildman–Crippen MR) is 161 cm³/mol. The number of rotatable bonds is 7. The van der Waals surface area contributed by atoms with Crippen LogP contribution in [0.2, 0.25) is 0 Å². The number of unbranched alkanes of at least 4 members (excludes halogenated alkanes) is 1. The van der Waals surface area contributed by atoms with Crippen LogP contribution in [-0.4, -0.2) is 17.4 Å². The molecule has 37 heavy (non-hydrogen) atoms. The second kappa shape index (κ2) is 10.1. The van der Waals surface area contributed by atoms with Crippen LogP contribution in [0.5, 0.6) is 0 Å². The highest BCUT2D eigenvalue weighted by Gasteiger charge is 2.42. The average Bonchev–Trinajstić information content (AvgIpc) is 3.05. The van der Waals surface area contributed by atoms with Crippen molar-refractivity contribution in [1.82, 2.24) is 0 Å². The number of carbonyl (C=O) groups excluding carboxylic acids is 1. The van der Waals surface area contributed by atoms with Crippen LogP contribution in [0.1, 0.15) is 64.2 Å². The summed E-state index contributed by atoms with van der Waals surface area (Å²) in [6, 6.07) is 12.5. The highest BCUT2D eigenvalue weighted by atomic mass is 79.9. The number of benzene rings is 2. The SMILES string of the molecule is C=C(/C=C1/C(=O)C(/C=C2\N(CCCC)c3ccc(Br)cc3C2(C)C)=C1O)C(C)(C)c1cc(Br)ccc1C. The van der Waals surface area contributed by atoms with Crippen LogP contribution >= 0.6 is 31.9 Å². The number of Topliss-reactive ketones (excluding diaryl/α,β-unsaturated/α-hetero) is 1. The molecule has 0 bridgehead atoms. The number of anilines is 1. The number of halogens is 2. The summed E-state index contributed by atoms with van der Waals surface area (Å²) in [6.45, 7) is 18.0. The molecule has 0 fully saturated rings. The number of hydrogen-bond donors (Lipinski definition) is 1. The lowest BCUT2D eigenvalue weighted by atomic mass is 9.74. The Labute approximate surface area is 237 Å². The van der Waals surface area contributed by atoms with Crippen LogP contribution in [-0.2, 0) is 15.6 Å². The Bertz CT molecular complexity index is 1390. The van der Waals surface area contributed by atoms with Crippen LogP contribution in [0.4, 0.5) is 5.69 Å². The molecule has 0 amide bonds. The van der Waals surface area contributed by atoms with Crippen molar-refractivity contribution >= 4 is 43.3 Å². The van der Waals surface area contributed by atoms with E-state index in [0.717, 1.165) is 56.4 Å². The van der Waals surface area contributed by atoms with E-state index in [1.54, 1.807) is 6.08 Å². The molecule has 4 rings (SSSR count). The number of aryl methyl sites for hydroxylation is 1. The van der Waals surface area contributed by atoms with Gasteiger partial charge in [0.25, 0.3) is 0 Å². The van der Waals surface area contributed by atoms with E-state index in [-0.39, 0.29) is 17.0 Å². The molecule has 5 heteroatoms. The second-order valence-electron chi connectivity index (χ2n) is 11.1. The standard InChI is InChI=1S/C32H35Br2NO2/c1-8-9-14-35-27-13-12-22(34)17-26(27)32(6,7)28(35)18-24-29(36)23(30(24)37)15-20(3)31(4,5)25-16-21(33)11-10-19(25)2/h10-13,15-18,36H,3,8-9,14H2,1-2,4-7H3/b23-15+,28-18-. The molecule has 0 radical (unpaired) electrons. The first-order valence-electron chi connectivity index (χ1n) is 12.8. The third-order valence-corrected chi connectivity index (χ3v) is 8.85. The van der Waals surface area contributed by atoms with Crippen molar-refractivity contribution < 1.29 is 9.90 Å². The third kappa shape index (κ3) is 4.81. The van der Waals surface area contributed by atoms with E-state index in [1.807, 2.05) is 12.1 Å². The first-order chi connectivity index (χ1) is 17.3. The molecule has 0 atom stereocenters. The predicted octanol–water partition coefficient (Wildman–Crippen LogP) is 9.16. The van der Waals surface area contributed by atoms with Gasteiger partial charge in [-0.1, -0.05) is 85.5 Å². The minimum atomic E-state index is -0.408. The lowest BCUT2D eigenvalue weighted by Gasteiger charge is -2.31. The monoisotopic (exact) mass is 623 g/mol. The van der Waals surface area contributed by atoms with E-state index in [9.17, 15) is 9.90 Å². The number of ketones is 1. The number of allylic oxidation sites excluding steroid dienone is 6. The van der Waals surface area contributed by atoms with Crippen LogP contribution in [0.3, 0.4) is 0 Å². The van der Waals surface area contributed by atoms with Crippen molar-refractivity contribution in [2.45, 2.75) is 65.2 Å². The van der Waals surface area contributed by atoms with Gasteiger partial charge in [-0.15, -0.1) is 0 Å². The Hall–Kier alpha value is -2.37. The zero-order valence-corrected chi connectivity index (χ0v) is 25.7. The van der Waals surface area contributed by atoms with Gasteiger partial charge in [-0.05, 0) is 78.1 Å².